The minimum absolute atomic E-state index is 0.0587. The molecule has 0 radical (unpaired) electrons. The second kappa shape index (κ2) is 14.0. The first-order chi connectivity index (χ1) is 23.3. The Kier molecular flexibility index (Phi) is 9.56. The average Bonchev–Trinajstić information content (AvgIpc) is 3.34. The van der Waals surface area contributed by atoms with Gasteiger partial charge < -0.3 is 19.5 Å². The lowest BCUT2D eigenvalue weighted by Gasteiger charge is -2.43. The van der Waals surface area contributed by atoms with Crippen LogP contribution in [-0.2, 0) is 25.5 Å². The molecule has 2 amide bonds. The summed E-state index contributed by atoms with van der Waals surface area (Å²) in [5.74, 6) is -1.03. The number of nitrogens with zero attached hydrogens (tertiary/aromatic N) is 2. The van der Waals surface area contributed by atoms with Crippen LogP contribution < -0.4 is 0 Å². The van der Waals surface area contributed by atoms with Gasteiger partial charge in [0.2, 0.25) is 11.8 Å². The van der Waals surface area contributed by atoms with E-state index in [1.54, 1.807) is 18.1 Å². The van der Waals surface area contributed by atoms with Gasteiger partial charge in [0, 0.05) is 38.2 Å². The van der Waals surface area contributed by atoms with E-state index in [9.17, 15) is 19.7 Å². The van der Waals surface area contributed by atoms with Gasteiger partial charge in [-0.05, 0) is 85.0 Å². The van der Waals surface area contributed by atoms with Crippen LogP contribution in [0.3, 0.4) is 0 Å². The Hall–Kier alpha value is -3.76. The molecule has 3 saturated heterocycles. The quantitative estimate of drug-likeness (QED) is 0.171. The average molecular weight is 649 g/mol. The van der Waals surface area contributed by atoms with Gasteiger partial charge in [-0.15, -0.1) is 0 Å². The maximum atomic E-state index is 14.2. The van der Waals surface area contributed by atoms with E-state index in [1.807, 2.05) is 36.4 Å². The van der Waals surface area contributed by atoms with Crippen molar-refractivity contribution in [3.8, 4) is 5.75 Å². The second-order valence-electron chi connectivity index (χ2n) is 14.0. The number of imide groups is 1. The standard InChI is InChI=1S/C39H45BN2O6/c1-25(20-27-13-14-34(43)31-11-7-6-10-30(27)31)12-15-35-36-28(24-47-2)21-32-37(33(36)22-40(46)48-35)39(45)42(38(32)44)29-16-18-41(19-17-29)23-26-8-4-3-5-9-26/h3-11,13-14,20,29,32-33,35,37,43,46H,12,15-19,21-24H2,1-2H3/b25-20+/t32-,33+,35-,37-/m1/s1. The van der Waals surface area contributed by atoms with Crippen LogP contribution >= 0.6 is 0 Å². The van der Waals surface area contributed by atoms with E-state index in [0.29, 0.717) is 25.8 Å². The van der Waals surface area contributed by atoms with Gasteiger partial charge in [-0.3, -0.25) is 19.4 Å². The van der Waals surface area contributed by atoms with E-state index in [2.05, 4.69) is 42.2 Å². The van der Waals surface area contributed by atoms with Crippen LogP contribution in [0.15, 0.2) is 83.4 Å². The Balaban J connectivity index is 1.08. The molecule has 0 unspecified atom stereocenters. The van der Waals surface area contributed by atoms with Crippen molar-refractivity contribution >= 4 is 35.8 Å². The predicted molar refractivity (Wildman–Crippen MR) is 187 cm³/mol. The number of benzene rings is 3. The summed E-state index contributed by atoms with van der Waals surface area (Å²) < 4.78 is 11.9. The highest BCUT2D eigenvalue weighted by Gasteiger charge is 2.58. The van der Waals surface area contributed by atoms with Gasteiger partial charge in [-0.25, -0.2) is 0 Å². The molecule has 250 valence electrons. The highest BCUT2D eigenvalue weighted by Crippen LogP contribution is 2.51. The summed E-state index contributed by atoms with van der Waals surface area (Å²) in [6, 6.07) is 21.8. The Morgan fingerprint density at radius 2 is 1.71 bits per heavy atom. The molecule has 1 aliphatic carbocycles. The molecule has 4 atom stereocenters. The maximum absolute atomic E-state index is 14.2. The smallest absolute Gasteiger partial charge is 0.455 e. The molecule has 0 saturated carbocycles. The lowest BCUT2D eigenvalue weighted by atomic mass is 9.58. The number of phenols is 1. The summed E-state index contributed by atoms with van der Waals surface area (Å²) in [6.45, 7) is 5.01. The van der Waals surface area contributed by atoms with Gasteiger partial charge in [0.05, 0.1) is 24.5 Å². The van der Waals surface area contributed by atoms with Crippen molar-refractivity contribution in [3.63, 3.8) is 0 Å². The fraction of sp³-hybridized carbons (Fsp3) is 0.436. The molecule has 8 nitrogen and oxygen atoms in total. The molecular formula is C39H45BN2O6. The number of likely N-dealkylation sites (tertiary alicyclic amines) is 2. The van der Waals surface area contributed by atoms with Crippen LogP contribution in [0.2, 0.25) is 6.32 Å². The van der Waals surface area contributed by atoms with Gasteiger partial charge in [0.25, 0.3) is 0 Å². The molecule has 7 rings (SSSR count). The molecule has 3 aliphatic heterocycles. The Morgan fingerprint density at radius 1 is 0.979 bits per heavy atom. The summed E-state index contributed by atoms with van der Waals surface area (Å²) in [5.41, 5.74) is 5.53. The lowest BCUT2D eigenvalue weighted by molar-refractivity contribution is -0.144. The predicted octanol–water partition coefficient (Wildman–Crippen LogP) is 5.84. The molecule has 0 spiro atoms. The van der Waals surface area contributed by atoms with Gasteiger partial charge in [0.1, 0.15) is 5.75 Å². The topological polar surface area (TPSA) is 99.5 Å². The summed E-state index contributed by atoms with van der Waals surface area (Å²) >= 11 is 0. The number of amides is 2. The molecule has 3 heterocycles. The van der Waals surface area contributed by atoms with Gasteiger partial charge in [-0.1, -0.05) is 72.3 Å². The largest absolute Gasteiger partial charge is 0.507 e. The summed E-state index contributed by atoms with van der Waals surface area (Å²) in [5, 5.41) is 23.1. The number of methoxy groups -OCH3 is 1. The monoisotopic (exact) mass is 648 g/mol. The van der Waals surface area contributed by atoms with Crippen LogP contribution in [0.5, 0.6) is 5.75 Å². The van der Waals surface area contributed by atoms with Crippen molar-refractivity contribution in [1.29, 1.82) is 0 Å². The van der Waals surface area contributed by atoms with E-state index in [4.69, 9.17) is 9.39 Å². The fourth-order valence-electron chi connectivity index (χ4n) is 8.76. The number of hydrogen-bond acceptors (Lipinski definition) is 7. The van der Waals surface area contributed by atoms with Crippen LogP contribution in [0.4, 0.5) is 0 Å². The molecule has 9 heteroatoms. The SMILES string of the molecule is COCC1=C2[C@@H](CC/C(C)=C/c3ccc(O)c4ccccc34)OB(O)C[C@@H]2[C@@H]2C(=O)N(C3CCN(Cc4ccccc4)CC3)C(=O)[C@@H]2C1. The van der Waals surface area contributed by atoms with Crippen molar-refractivity contribution in [1.82, 2.24) is 9.80 Å². The highest BCUT2D eigenvalue weighted by atomic mass is 16.5. The maximum Gasteiger partial charge on any atom is 0.455 e. The first-order valence-electron chi connectivity index (χ1n) is 17.4. The second-order valence-corrected chi connectivity index (χ2v) is 14.0. The number of carbonyl (C=O) groups is 2. The zero-order valence-corrected chi connectivity index (χ0v) is 27.9. The van der Waals surface area contributed by atoms with E-state index in [1.165, 1.54) is 5.56 Å². The van der Waals surface area contributed by atoms with Crippen molar-refractivity contribution in [2.75, 3.05) is 26.8 Å². The molecule has 48 heavy (non-hydrogen) atoms. The summed E-state index contributed by atoms with van der Waals surface area (Å²) in [6.07, 6.45) is 5.46. The Labute approximate surface area is 283 Å². The number of aromatic hydroxyl groups is 1. The molecule has 2 N–H and O–H groups in total. The van der Waals surface area contributed by atoms with E-state index < -0.39 is 19.0 Å². The first-order valence-corrected chi connectivity index (χ1v) is 17.4. The lowest BCUT2D eigenvalue weighted by Crippen LogP contribution is -2.48. The van der Waals surface area contributed by atoms with Crippen LogP contribution in [0.1, 0.15) is 50.2 Å². The minimum Gasteiger partial charge on any atom is -0.507 e. The van der Waals surface area contributed by atoms with Crippen molar-refractivity contribution in [2.24, 2.45) is 17.8 Å². The summed E-state index contributed by atoms with van der Waals surface area (Å²) in [7, 11) is 0.656. The fourth-order valence-corrected chi connectivity index (χ4v) is 8.76. The molecule has 3 fully saturated rings. The third kappa shape index (κ3) is 6.37. The highest BCUT2D eigenvalue weighted by molar-refractivity contribution is 6.43. The Bertz CT molecular complexity index is 1730. The van der Waals surface area contributed by atoms with Crippen LogP contribution in [0.25, 0.3) is 16.8 Å². The zero-order valence-electron chi connectivity index (χ0n) is 27.9. The number of phenolic OH excluding ortho intramolecular Hbond substituents is 1. The van der Waals surface area contributed by atoms with E-state index >= 15 is 0 Å². The molecule has 0 aromatic heterocycles. The van der Waals surface area contributed by atoms with E-state index in [-0.39, 0.29) is 35.6 Å². The minimum atomic E-state index is -1.00. The molecule has 0 bridgehead atoms. The van der Waals surface area contributed by atoms with Gasteiger partial charge in [-0.2, -0.15) is 0 Å². The number of hydrogen-bond donors (Lipinski definition) is 2. The Morgan fingerprint density at radius 3 is 2.46 bits per heavy atom. The zero-order chi connectivity index (χ0) is 33.4. The number of rotatable bonds is 9. The third-order valence-electron chi connectivity index (χ3n) is 11.0. The molecule has 3 aromatic rings. The number of piperidine rings is 1. The number of carbonyl (C=O) groups excluding carboxylic acids is 2. The number of ether oxygens (including phenoxy) is 1. The van der Waals surface area contributed by atoms with Crippen molar-refractivity contribution in [3.05, 3.63) is 94.6 Å². The first kappa shape index (κ1) is 32.8. The molecule has 3 aromatic carbocycles. The van der Waals surface area contributed by atoms with Crippen molar-refractivity contribution in [2.45, 2.75) is 64.0 Å². The number of allylic oxidation sites excluding steroid dienone is 1. The molecular weight excluding hydrogens is 603 g/mol. The van der Waals surface area contributed by atoms with E-state index in [0.717, 1.165) is 72.0 Å². The van der Waals surface area contributed by atoms with Gasteiger partial charge >= 0.3 is 7.12 Å². The summed E-state index contributed by atoms with van der Waals surface area (Å²) in [4.78, 5) is 32.3. The normalized spacial score (nSPS) is 25.6. The van der Waals surface area contributed by atoms with Crippen LogP contribution in [0, 0.1) is 17.8 Å². The third-order valence-corrected chi connectivity index (χ3v) is 11.0. The molecule has 4 aliphatic rings. The van der Waals surface area contributed by atoms with Crippen LogP contribution in [-0.4, -0.2) is 77.8 Å². The number of fused-ring (bicyclic) bond motifs is 4. The van der Waals surface area contributed by atoms with Crippen molar-refractivity contribution < 1.29 is 29.1 Å². The van der Waals surface area contributed by atoms with Gasteiger partial charge in [0.15, 0.2) is 0 Å².